The van der Waals surface area contributed by atoms with Crippen LogP contribution >= 0.6 is 15.9 Å². The van der Waals surface area contributed by atoms with E-state index in [4.69, 9.17) is 4.74 Å². The first kappa shape index (κ1) is 28.4. The summed E-state index contributed by atoms with van der Waals surface area (Å²) in [5.74, 6) is -1.14. The van der Waals surface area contributed by atoms with Gasteiger partial charge < -0.3 is 24.2 Å². The summed E-state index contributed by atoms with van der Waals surface area (Å²) in [7, 11) is 0. The zero-order valence-corrected chi connectivity index (χ0v) is 25.1. The summed E-state index contributed by atoms with van der Waals surface area (Å²) in [5.41, 5.74) is 3.51. The lowest BCUT2D eigenvalue weighted by Gasteiger charge is -2.43. The third-order valence-corrected chi connectivity index (χ3v) is 9.68. The van der Waals surface area contributed by atoms with E-state index in [2.05, 4.69) is 26.1 Å². The van der Waals surface area contributed by atoms with E-state index in [9.17, 15) is 19.5 Å². The number of carbonyl (C=O) groups is 3. The molecule has 3 aliphatic rings. The van der Waals surface area contributed by atoms with E-state index in [1.807, 2.05) is 52.8 Å². The third-order valence-electron chi connectivity index (χ3n) is 8.94. The molecule has 0 radical (unpaired) electrons. The Morgan fingerprint density at radius 2 is 1.90 bits per heavy atom. The molecule has 2 unspecified atom stereocenters. The van der Waals surface area contributed by atoms with E-state index in [0.717, 1.165) is 34.0 Å². The van der Waals surface area contributed by atoms with E-state index in [-0.39, 0.29) is 25.0 Å². The van der Waals surface area contributed by atoms with Crippen LogP contribution in [0.5, 0.6) is 5.75 Å². The summed E-state index contributed by atoms with van der Waals surface area (Å²) in [5, 5.41) is 18.2. The maximum atomic E-state index is 14.3. The summed E-state index contributed by atoms with van der Waals surface area (Å²) in [4.78, 5) is 43.5. The summed E-state index contributed by atoms with van der Waals surface area (Å²) >= 11 is 3.72. The van der Waals surface area contributed by atoms with Crippen LogP contribution in [0, 0.1) is 11.8 Å². The van der Waals surface area contributed by atoms with Crippen molar-refractivity contribution in [2.75, 3.05) is 13.1 Å². The lowest BCUT2D eigenvalue weighted by atomic mass is 9.77. The lowest BCUT2D eigenvalue weighted by Crippen LogP contribution is -2.50. The number of ether oxygens (including phenoxy) is 1. The molecule has 1 saturated carbocycles. The fourth-order valence-corrected chi connectivity index (χ4v) is 7.31. The number of aromatic nitrogens is 3. The molecule has 42 heavy (non-hydrogen) atoms. The minimum absolute atomic E-state index is 0.0697. The number of nitrogens with zero attached hydrogens (tertiary/aromatic N) is 5. The van der Waals surface area contributed by atoms with Crippen molar-refractivity contribution in [2.24, 2.45) is 11.8 Å². The fraction of sp³-hybridized carbons (Fsp3) is 0.452. The van der Waals surface area contributed by atoms with E-state index in [1.165, 1.54) is 0 Å². The molecule has 0 saturated heterocycles. The summed E-state index contributed by atoms with van der Waals surface area (Å²) in [6, 6.07) is 10.9. The number of carbonyl (C=O) groups excluding carboxylic acids is 2. The molecule has 6 rings (SSSR count). The number of amides is 2. The predicted octanol–water partition coefficient (Wildman–Crippen LogP) is 4.61. The van der Waals surface area contributed by atoms with Gasteiger partial charge in [0.15, 0.2) is 5.82 Å². The fourth-order valence-electron chi connectivity index (χ4n) is 6.76. The predicted molar refractivity (Wildman–Crippen MR) is 157 cm³/mol. The van der Waals surface area contributed by atoms with Crippen molar-refractivity contribution in [2.45, 2.75) is 64.8 Å². The van der Waals surface area contributed by atoms with E-state index in [0.29, 0.717) is 56.0 Å². The van der Waals surface area contributed by atoms with Crippen molar-refractivity contribution >= 4 is 33.7 Å². The Labute approximate surface area is 252 Å². The van der Waals surface area contributed by atoms with Gasteiger partial charge in [-0.25, -0.2) is 0 Å². The molecule has 2 aromatic carbocycles. The molecule has 220 valence electrons. The summed E-state index contributed by atoms with van der Waals surface area (Å²) in [6.07, 6.45) is 4.93. The Morgan fingerprint density at radius 1 is 1.12 bits per heavy atom. The number of aryl methyl sites for hydroxylation is 1. The van der Waals surface area contributed by atoms with Gasteiger partial charge in [0.2, 0.25) is 5.91 Å². The van der Waals surface area contributed by atoms with Crippen LogP contribution in [0.1, 0.15) is 71.5 Å². The quantitative estimate of drug-likeness (QED) is 0.384. The van der Waals surface area contributed by atoms with E-state index in [1.54, 1.807) is 11.2 Å². The molecule has 0 bridgehead atoms. The van der Waals surface area contributed by atoms with Crippen LogP contribution in [-0.2, 0) is 35.7 Å². The molecule has 1 aliphatic carbocycles. The van der Waals surface area contributed by atoms with Crippen molar-refractivity contribution in [1.82, 2.24) is 24.6 Å². The number of fused-ring (bicyclic) bond motifs is 2. The molecule has 3 atom stereocenters. The molecular weight excluding hydrogens is 602 g/mol. The summed E-state index contributed by atoms with van der Waals surface area (Å²) < 4.78 is 9.21. The largest absolute Gasteiger partial charge is 0.485 e. The van der Waals surface area contributed by atoms with Crippen LogP contribution < -0.4 is 4.74 Å². The molecule has 11 heteroatoms. The van der Waals surface area contributed by atoms with Gasteiger partial charge in [-0.1, -0.05) is 47.0 Å². The van der Waals surface area contributed by atoms with Gasteiger partial charge >= 0.3 is 5.97 Å². The number of carboxylic acid groups (broad SMARTS) is 1. The van der Waals surface area contributed by atoms with Crippen molar-refractivity contribution in [1.29, 1.82) is 0 Å². The average molecular weight is 637 g/mol. The number of rotatable bonds is 8. The third kappa shape index (κ3) is 5.19. The van der Waals surface area contributed by atoms with Crippen LogP contribution in [0.4, 0.5) is 0 Å². The second kappa shape index (κ2) is 11.9. The second-order valence-corrected chi connectivity index (χ2v) is 12.1. The minimum atomic E-state index is -0.918. The first-order chi connectivity index (χ1) is 20.4. The molecule has 1 aromatic heterocycles. The highest BCUT2D eigenvalue weighted by Gasteiger charge is 2.44. The Balaban J connectivity index is 1.38. The van der Waals surface area contributed by atoms with Crippen LogP contribution in [0.25, 0.3) is 0 Å². The second-order valence-electron chi connectivity index (χ2n) is 11.2. The van der Waals surface area contributed by atoms with Gasteiger partial charge in [-0.05, 0) is 55.5 Å². The number of hydrogen-bond donors (Lipinski definition) is 1. The first-order valence-electron chi connectivity index (χ1n) is 14.6. The molecule has 3 heterocycles. The van der Waals surface area contributed by atoms with Gasteiger partial charge in [0, 0.05) is 41.8 Å². The molecule has 0 spiro atoms. The normalized spacial score (nSPS) is 21.7. The van der Waals surface area contributed by atoms with Gasteiger partial charge in [-0.2, -0.15) is 0 Å². The van der Waals surface area contributed by atoms with Gasteiger partial charge in [0.25, 0.3) is 5.91 Å². The van der Waals surface area contributed by atoms with Gasteiger partial charge in [0.1, 0.15) is 18.7 Å². The van der Waals surface area contributed by atoms with Gasteiger partial charge in [0.05, 0.1) is 17.9 Å². The van der Waals surface area contributed by atoms with E-state index < -0.39 is 23.8 Å². The highest BCUT2D eigenvalue weighted by atomic mass is 79.9. The highest BCUT2D eigenvalue weighted by molar-refractivity contribution is 9.10. The Kier molecular flexibility index (Phi) is 8.02. The topological polar surface area (TPSA) is 118 Å². The van der Waals surface area contributed by atoms with Crippen molar-refractivity contribution in [3.05, 3.63) is 75.3 Å². The van der Waals surface area contributed by atoms with Crippen LogP contribution in [-0.4, -0.2) is 60.5 Å². The molecule has 10 nitrogen and oxygen atoms in total. The smallest absolute Gasteiger partial charge is 0.307 e. The lowest BCUT2D eigenvalue weighted by molar-refractivity contribution is -0.153. The van der Waals surface area contributed by atoms with Gasteiger partial charge in [-0.3, -0.25) is 14.4 Å². The highest BCUT2D eigenvalue weighted by Crippen LogP contribution is 2.43. The van der Waals surface area contributed by atoms with Crippen LogP contribution in [0.15, 0.2) is 47.2 Å². The van der Waals surface area contributed by atoms with E-state index >= 15 is 0 Å². The molecule has 1 N–H and O–H groups in total. The number of aliphatic carboxylic acids is 1. The number of halogens is 1. The van der Waals surface area contributed by atoms with Gasteiger partial charge in [-0.15, -0.1) is 10.2 Å². The molecule has 1 fully saturated rings. The number of carboxylic acids is 1. The Bertz CT molecular complexity index is 1520. The molecule has 3 aromatic rings. The SMILES string of the molecule is CCn1cnnc1COc1ccc(Br)c2c1[C@@H](CN1Cc3ccccc3C1=O)N(C(=O)C1CCCCC1C(=O)O)CC2. The zero-order chi connectivity index (χ0) is 29.4. The summed E-state index contributed by atoms with van der Waals surface area (Å²) in [6.45, 7) is 4.07. The average Bonchev–Trinajstić information content (AvgIpc) is 3.60. The number of hydrogen-bond acceptors (Lipinski definition) is 6. The molecule has 2 aliphatic heterocycles. The standard InChI is InChI=1S/C31H34BrN5O5/c1-2-35-18-33-34-27(35)17-42-26-12-11-24(32)23-13-14-37(30(39)21-9-5-6-10-22(21)31(40)41)25(28(23)26)16-36-15-19-7-3-4-8-20(19)29(36)38/h3-4,7-8,11-12,18,21-22,25H,2,5-6,9-10,13-17H2,1H3,(H,40,41)/t21?,22?,25-/m1/s1. The van der Waals surface area contributed by atoms with Crippen molar-refractivity contribution < 1.29 is 24.2 Å². The molecule has 2 amide bonds. The Hall–Kier alpha value is -3.73. The van der Waals surface area contributed by atoms with Crippen LogP contribution in [0.3, 0.4) is 0 Å². The van der Waals surface area contributed by atoms with Crippen LogP contribution in [0.2, 0.25) is 0 Å². The monoisotopic (exact) mass is 635 g/mol. The maximum absolute atomic E-state index is 14.3. The Morgan fingerprint density at radius 3 is 2.67 bits per heavy atom. The zero-order valence-electron chi connectivity index (χ0n) is 23.5. The van der Waals surface area contributed by atoms with Crippen molar-refractivity contribution in [3.8, 4) is 5.75 Å². The van der Waals surface area contributed by atoms with Crippen molar-refractivity contribution in [3.63, 3.8) is 0 Å². The molecular formula is C31H34BrN5O5. The minimum Gasteiger partial charge on any atom is -0.485 e. The number of benzene rings is 2. The maximum Gasteiger partial charge on any atom is 0.307 e. The first-order valence-corrected chi connectivity index (χ1v) is 15.4.